The minimum absolute atomic E-state index is 0.0318. The first-order valence-electron chi connectivity index (χ1n) is 9.48. The fourth-order valence-electron chi connectivity index (χ4n) is 4.46. The Bertz CT molecular complexity index is 536. The Morgan fingerprint density at radius 3 is 2.44 bits per heavy atom. The van der Waals surface area contributed by atoms with Gasteiger partial charge in [0.2, 0.25) is 5.91 Å². The molecule has 3 amide bonds. The highest BCUT2D eigenvalue weighted by atomic mass is 16.4. The standard InChI is InChI=1S/C18H29N3O4/c1-13(16(23)24)21-12-18(7-6-15(21)22)8-10-20(11-9-18)17(25)19-14-4-2-3-5-14/h13-14H,2-12H2,1H3,(H,19,25)(H,23,24)/t13-/m1/s1. The molecule has 7 nitrogen and oxygen atoms in total. The third-order valence-electron chi connectivity index (χ3n) is 6.31. The molecule has 0 bridgehead atoms. The monoisotopic (exact) mass is 351 g/mol. The Labute approximate surface area is 148 Å². The van der Waals surface area contributed by atoms with Crippen molar-refractivity contribution >= 4 is 17.9 Å². The first-order chi connectivity index (χ1) is 11.9. The minimum Gasteiger partial charge on any atom is -0.480 e. The summed E-state index contributed by atoms with van der Waals surface area (Å²) in [5.41, 5.74) is -0.0399. The molecular formula is C18H29N3O4. The van der Waals surface area contributed by atoms with Gasteiger partial charge in [0.25, 0.3) is 0 Å². The minimum atomic E-state index is -0.959. The van der Waals surface area contributed by atoms with Crippen molar-refractivity contribution in [1.82, 2.24) is 15.1 Å². The average molecular weight is 351 g/mol. The maximum atomic E-state index is 12.4. The molecular weight excluding hydrogens is 322 g/mol. The predicted molar refractivity (Wildman–Crippen MR) is 92.1 cm³/mol. The van der Waals surface area contributed by atoms with Crippen molar-refractivity contribution in [3.8, 4) is 0 Å². The molecule has 25 heavy (non-hydrogen) atoms. The van der Waals surface area contributed by atoms with Gasteiger partial charge < -0.3 is 20.2 Å². The number of urea groups is 1. The summed E-state index contributed by atoms with van der Waals surface area (Å²) in [6.07, 6.45) is 7.42. The van der Waals surface area contributed by atoms with E-state index in [2.05, 4.69) is 5.32 Å². The van der Waals surface area contributed by atoms with Crippen LogP contribution in [0.1, 0.15) is 58.3 Å². The summed E-state index contributed by atoms with van der Waals surface area (Å²) < 4.78 is 0. The van der Waals surface area contributed by atoms with Gasteiger partial charge in [0.05, 0.1) is 0 Å². The van der Waals surface area contributed by atoms with Gasteiger partial charge in [-0.1, -0.05) is 12.8 Å². The van der Waals surface area contributed by atoms with Crippen LogP contribution >= 0.6 is 0 Å². The number of piperidine rings is 2. The quantitative estimate of drug-likeness (QED) is 0.811. The average Bonchev–Trinajstić information content (AvgIpc) is 3.10. The molecule has 0 aromatic carbocycles. The highest BCUT2D eigenvalue weighted by molar-refractivity contribution is 5.84. The molecule has 1 aliphatic carbocycles. The predicted octanol–water partition coefficient (Wildman–Crippen LogP) is 1.82. The number of nitrogens with one attached hydrogen (secondary N) is 1. The Hall–Kier alpha value is -1.79. The van der Waals surface area contributed by atoms with Gasteiger partial charge in [0.15, 0.2) is 0 Å². The Kier molecular flexibility index (Phi) is 5.20. The van der Waals surface area contributed by atoms with Crippen LogP contribution in [-0.4, -0.2) is 64.5 Å². The van der Waals surface area contributed by atoms with Crippen molar-refractivity contribution in [3.05, 3.63) is 0 Å². The summed E-state index contributed by atoms with van der Waals surface area (Å²) in [7, 11) is 0. The molecule has 1 spiro atoms. The molecule has 2 N–H and O–H groups in total. The maximum absolute atomic E-state index is 12.4. The number of hydrogen-bond donors (Lipinski definition) is 2. The van der Waals surface area contributed by atoms with Crippen LogP contribution in [0.25, 0.3) is 0 Å². The van der Waals surface area contributed by atoms with Gasteiger partial charge in [0, 0.05) is 32.1 Å². The summed E-state index contributed by atoms with van der Waals surface area (Å²) in [5, 5.41) is 12.4. The van der Waals surface area contributed by atoms with E-state index in [-0.39, 0.29) is 17.4 Å². The zero-order chi connectivity index (χ0) is 18.0. The summed E-state index contributed by atoms with van der Waals surface area (Å²) in [6.45, 7) is 3.44. The molecule has 0 radical (unpaired) electrons. The van der Waals surface area contributed by atoms with Crippen LogP contribution < -0.4 is 5.32 Å². The zero-order valence-corrected chi connectivity index (χ0v) is 15.0. The highest BCUT2D eigenvalue weighted by Crippen LogP contribution is 2.40. The number of carbonyl (C=O) groups excluding carboxylic acids is 2. The maximum Gasteiger partial charge on any atom is 0.326 e. The topological polar surface area (TPSA) is 90.0 Å². The first-order valence-corrected chi connectivity index (χ1v) is 9.48. The van der Waals surface area contributed by atoms with Crippen LogP contribution in [0.3, 0.4) is 0 Å². The fourth-order valence-corrected chi connectivity index (χ4v) is 4.46. The van der Waals surface area contributed by atoms with Crippen LogP contribution in [-0.2, 0) is 9.59 Å². The first kappa shape index (κ1) is 18.0. The lowest BCUT2D eigenvalue weighted by Gasteiger charge is -2.48. The Morgan fingerprint density at radius 2 is 1.84 bits per heavy atom. The van der Waals surface area contributed by atoms with Crippen molar-refractivity contribution in [2.45, 2.75) is 70.4 Å². The van der Waals surface area contributed by atoms with Gasteiger partial charge in [-0.15, -0.1) is 0 Å². The lowest BCUT2D eigenvalue weighted by Crippen LogP contribution is -2.57. The third kappa shape index (κ3) is 3.90. The van der Waals surface area contributed by atoms with E-state index >= 15 is 0 Å². The molecule has 0 aromatic heterocycles. The van der Waals surface area contributed by atoms with E-state index < -0.39 is 12.0 Å². The number of nitrogens with zero attached hydrogens (tertiary/aromatic N) is 2. The molecule has 3 aliphatic rings. The third-order valence-corrected chi connectivity index (χ3v) is 6.31. The van der Waals surface area contributed by atoms with Crippen molar-refractivity contribution < 1.29 is 19.5 Å². The van der Waals surface area contributed by atoms with E-state index in [9.17, 15) is 19.5 Å². The van der Waals surface area contributed by atoms with E-state index in [0.717, 1.165) is 32.1 Å². The van der Waals surface area contributed by atoms with E-state index in [0.29, 0.717) is 32.1 Å². The molecule has 7 heteroatoms. The Morgan fingerprint density at radius 1 is 1.20 bits per heavy atom. The van der Waals surface area contributed by atoms with Crippen molar-refractivity contribution in [2.24, 2.45) is 5.41 Å². The molecule has 1 atom stereocenters. The van der Waals surface area contributed by atoms with Crippen LogP contribution in [0.5, 0.6) is 0 Å². The van der Waals surface area contributed by atoms with E-state index in [4.69, 9.17) is 0 Å². The second-order valence-corrected chi connectivity index (χ2v) is 7.95. The second kappa shape index (κ2) is 7.22. The molecule has 2 heterocycles. The number of aliphatic carboxylic acids is 1. The van der Waals surface area contributed by atoms with Crippen LogP contribution in [0.2, 0.25) is 0 Å². The van der Waals surface area contributed by atoms with Crippen molar-refractivity contribution in [1.29, 1.82) is 0 Å². The van der Waals surface area contributed by atoms with Gasteiger partial charge in [-0.05, 0) is 44.4 Å². The zero-order valence-electron chi connectivity index (χ0n) is 15.0. The normalized spacial score (nSPS) is 25.2. The van der Waals surface area contributed by atoms with Gasteiger partial charge >= 0.3 is 12.0 Å². The van der Waals surface area contributed by atoms with Crippen LogP contribution in [0.4, 0.5) is 4.79 Å². The number of carboxylic acid groups (broad SMARTS) is 1. The highest BCUT2D eigenvalue weighted by Gasteiger charge is 2.44. The largest absolute Gasteiger partial charge is 0.480 e. The molecule has 2 aliphatic heterocycles. The van der Waals surface area contributed by atoms with Crippen molar-refractivity contribution in [2.75, 3.05) is 19.6 Å². The lowest BCUT2D eigenvalue weighted by atomic mass is 9.72. The summed E-state index contributed by atoms with van der Waals surface area (Å²) in [5.74, 6) is -1.03. The second-order valence-electron chi connectivity index (χ2n) is 7.95. The van der Waals surface area contributed by atoms with Crippen molar-refractivity contribution in [3.63, 3.8) is 0 Å². The lowest BCUT2D eigenvalue weighted by molar-refractivity contribution is -0.154. The van der Waals surface area contributed by atoms with E-state index in [1.807, 2.05) is 4.90 Å². The van der Waals surface area contributed by atoms with Gasteiger partial charge in [-0.2, -0.15) is 0 Å². The Balaban J connectivity index is 1.55. The molecule has 3 fully saturated rings. The number of hydrogen-bond acceptors (Lipinski definition) is 3. The number of carbonyl (C=O) groups is 3. The number of carboxylic acids is 1. The summed E-state index contributed by atoms with van der Waals surface area (Å²) >= 11 is 0. The molecule has 0 aromatic rings. The number of rotatable bonds is 3. The smallest absolute Gasteiger partial charge is 0.326 e. The van der Waals surface area contributed by atoms with E-state index in [1.54, 1.807) is 6.92 Å². The van der Waals surface area contributed by atoms with Crippen LogP contribution in [0, 0.1) is 5.41 Å². The van der Waals surface area contributed by atoms with Gasteiger partial charge in [0.1, 0.15) is 6.04 Å². The number of likely N-dealkylation sites (tertiary alicyclic amines) is 2. The summed E-state index contributed by atoms with van der Waals surface area (Å²) in [4.78, 5) is 39.2. The fraction of sp³-hybridized carbons (Fsp3) is 0.833. The van der Waals surface area contributed by atoms with Gasteiger partial charge in [-0.25, -0.2) is 9.59 Å². The van der Waals surface area contributed by atoms with Crippen LogP contribution in [0.15, 0.2) is 0 Å². The summed E-state index contributed by atoms with van der Waals surface area (Å²) in [6, 6.07) is -0.430. The molecule has 1 saturated carbocycles. The van der Waals surface area contributed by atoms with E-state index in [1.165, 1.54) is 17.7 Å². The van der Waals surface area contributed by atoms with Gasteiger partial charge in [-0.3, -0.25) is 4.79 Å². The number of amides is 3. The molecule has 2 saturated heterocycles. The molecule has 3 rings (SSSR count). The molecule has 0 unspecified atom stereocenters. The SMILES string of the molecule is C[C@H](C(=O)O)N1CC2(CCC1=O)CCN(C(=O)NC1CCCC1)CC2. The molecule has 140 valence electrons.